The first-order valence-electron chi connectivity index (χ1n) is 2.27. The van der Waals surface area contributed by atoms with Gasteiger partial charge in [0.15, 0.2) is 0 Å². The summed E-state index contributed by atoms with van der Waals surface area (Å²) in [7, 11) is 0. The molecule has 0 rings (SSSR count). The summed E-state index contributed by atoms with van der Waals surface area (Å²) in [4.78, 5) is 1.41. The molecule has 0 aliphatic rings. The lowest BCUT2D eigenvalue weighted by atomic mass is 10.3. The van der Waals surface area contributed by atoms with E-state index in [0.29, 0.717) is 16.7 Å². The number of oxime groups is 1. The van der Waals surface area contributed by atoms with Gasteiger partial charge >= 0.3 is 0 Å². The number of halogens is 2. The Labute approximate surface area is 74.8 Å². The van der Waals surface area contributed by atoms with E-state index >= 15 is 0 Å². The molecule has 0 fully saturated rings. The third-order valence-corrected chi connectivity index (χ3v) is 1.78. The maximum atomic E-state index is 8.40. The zero-order valence-corrected chi connectivity index (χ0v) is 8.05. The lowest BCUT2D eigenvalue weighted by Crippen LogP contribution is -2.17. The molecule has 0 spiro atoms. The van der Waals surface area contributed by atoms with Crippen molar-refractivity contribution >= 4 is 37.6 Å². The van der Waals surface area contributed by atoms with E-state index in [-0.39, 0.29) is 0 Å². The number of hydrogen-bond donors (Lipinski definition) is 3. The number of nitrogens with one attached hydrogen (secondary N) is 1. The highest BCUT2D eigenvalue weighted by atomic mass is 79.9. The van der Waals surface area contributed by atoms with Crippen LogP contribution in [0.4, 0.5) is 0 Å². The molecule has 0 aliphatic heterocycles. The Morgan fingerprint density at radius 1 is 1.70 bits per heavy atom. The van der Waals surface area contributed by atoms with Crippen molar-refractivity contribution in [1.29, 1.82) is 0 Å². The monoisotopic (exact) mass is 272 g/mol. The van der Waals surface area contributed by atoms with Gasteiger partial charge in [0.05, 0.1) is 11.0 Å². The van der Waals surface area contributed by atoms with Crippen LogP contribution in [-0.2, 0) is 0 Å². The SMILES string of the molecule is ON=C(CBr)/C(=C/Br)NO. The van der Waals surface area contributed by atoms with E-state index in [4.69, 9.17) is 10.4 Å². The minimum absolute atomic E-state index is 0.305. The van der Waals surface area contributed by atoms with Gasteiger partial charge < -0.3 is 5.21 Å². The van der Waals surface area contributed by atoms with Crippen LogP contribution in [0.1, 0.15) is 0 Å². The fourth-order valence-electron chi connectivity index (χ4n) is 0.304. The van der Waals surface area contributed by atoms with E-state index in [2.05, 4.69) is 37.0 Å². The van der Waals surface area contributed by atoms with Gasteiger partial charge in [0.2, 0.25) is 0 Å². The minimum Gasteiger partial charge on any atom is -0.411 e. The summed E-state index contributed by atoms with van der Waals surface area (Å²) in [6.07, 6.45) is 0. The number of hydroxylamine groups is 1. The quantitative estimate of drug-likeness (QED) is 0.315. The van der Waals surface area contributed by atoms with Crippen molar-refractivity contribution in [3.8, 4) is 0 Å². The molecule has 0 atom stereocenters. The topological polar surface area (TPSA) is 64.9 Å². The molecule has 0 aliphatic carbocycles. The zero-order valence-electron chi connectivity index (χ0n) is 4.88. The molecule has 58 valence electrons. The zero-order chi connectivity index (χ0) is 7.98. The molecule has 0 aromatic carbocycles. The maximum absolute atomic E-state index is 8.40. The average Bonchev–Trinajstić information content (AvgIpc) is 2.00. The van der Waals surface area contributed by atoms with Crippen LogP contribution in [0.3, 0.4) is 0 Å². The number of rotatable bonds is 3. The van der Waals surface area contributed by atoms with Gasteiger partial charge in [-0.15, -0.1) is 0 Å². The smallest absolute Gasteiger partial charge is 0.116 e. The Hall–Kier alpha value is -0.0700. The highest BCUT2D eigenvalue weighted by molar-refractivity contribution is 9.11. The second-order valence-corrected chi connectivity index (χ2v) is 2.33. The number of allylic oxidation sites excluding steroid dienone is 1. The summed E-state index contributed by atoms with van der Waals surface area (Å²) >= 11 is 6.02. The van der Waals surface area contributed by atoms with Gasteiger partial charge in [-0.1, -0.05) is 37.0 Å². The van der Waals surface area contributed by atoms with Gasteiger partial charge in [0.25, 0.3) is 0 Å². The normalized spacial score (nSPS) is 13.5. The molecular formula is C4H6Br2N2O2. The van der Waals surface area contributed by atoms with Crippen LogP contribution >= 0.6 is 31.9 Å². The first-order valence-corrected chi connectivity index (χ1v) is 4.31. The Morgan fingerprint density at radius 3 is 2.40 bits per heavy atom. The first-order chi connectivity index (χ1) is 4.79. The van der Waals surface area contributed by atoms with Gasteiger partial charge in [0.1, 0.15) is 5.71 Å². The molecule has 0 aromatic heterocycles. The Kier molecular flexibility index (Phi) is 5.66. The summed E-state index contributed by atoms with van der Waals surface area (Å²) in [5.74, 6) is 0. The van der Waals surface area contributed by atoms with Crippen LogP contribution in [0.2, 0.25) is 0 Å². The molecule has 0 aromatic rings. The van der Waals surface area contributed by atoms with Gasteiger partial charge in [0, 0.05) is 4.99 Å². The maximum Gasteiger partial charge on any atom is 0.116 e. The predicted molar refractivity (Wildman–Crippen MR) is 44.9 cm³/mol. The predicted octanol–water partition coefficient (Wildman–Crippen LogP) is 1.43. The molecule has 4 nitrogen and oxygen atoms in total. The first kappa shape index (κ1) is 9.93. The third kappa shape index (κ3) is 2.68. The Balaban J connectivity index is 4.27. The van der Waals surface area contributed by atoms with Crippen molar-refractivity contribution in [2.24, 2.45) is 5.16 Å². The van der Waals surface area contributed by atoms with Crippen molar-refractivity contribution in [2.75, 3.05) is 5.33 Å². The van der Waals surface area contributed by atoms with Gasteiger partial charge in [-0.05, 0) is 0 Å². The van der Waals surface area contributed by atoms with E-state index < -0.39 is 0 Å². The summed E-state index contributed by atoms with van der Waals surface area (Å²) in [5, 5.41) is 20.0. The lowest BCUT2D eigenvalue weighted by molar-refractivity contribution is 0.206. The fourth-order valence-corrected chi connectivity index (χ4v) is 1.09. The summed E-state index contributed by atoms with van der Waals surface area (Å²) in [5.41, 5.74) is 2.46. The summed E-state index contributed by atoms with van der Waals surface area (Å²) in [6, 6.07) is 0. The second kappa shape index (κ2) is 5.70. The van der Waals surface area contributed by atoms with Crippen molar-refractivity contribution in [3.63, 3.8) is 0 Å². The van der Waals surface area contributed by atoms with Crippen LogP contribution in [-0.4, -0.2) is 21.5 Å². The largest absolute Gasteiger partial charge is 0.411 e. The van der Waals surface area contributed by atoms with Crippen LogP contribution in [0.5, 0.6) is 0 Å². The highest BCUT2D eigenvalue weighted by Crippen LogP contribution is 2.00. The summed E-state index contributed by atoms with van der Waals surface area (Å²) in [6.45, 7) is 0. The van der Waals surface area contributed by atoms with Gasteiger partial charge in [-0.25, -0.2) is 0 Å². The van der Waals surface area contributed by atoms with Crippen LogP contribution in [0.15, 0.2) is 15.8 Å². The number of alkyl halides is 1. The Morgan fingerprint density at radius 2 is 2.30 bits per heavy atom. The van der Waals surface area contributed by atoms with Crippen molar-refractivity contribution in [3.05, 3.63) is 10.7 Å². The molecule has 3 N–H and O–H groups in total. The van der Waals surface area contributed by atoms with E-state index in [1.165, 1.54) is 4.99 Å². The minimum atomic E-state index is 0.305. The van der Waals surface area contributed by atoms with Crippen LogP contribution in [0, 0.1) is 0 Å². The van der Waals surface area contributed by atoms with Crippen LogP contribution in [0.25, 0.3) is 0 Å². The van der Waals surface area contributed by atoms with E-state index in [0.717, 1.165) is 0 Å². The second-order valence-electron chi connectivity index (χ2n) is 1.31. The molecule has 10 heavy (non-hydrogen) atoms. The van der Waals surface area contributed by atoms with E-state index in [1.807, 2.05) is 5.48 Å². The molecule has 0 amide bonds. The average molecular weight is 274 g/mol. The highest BCUT2D eigenvalue weighted by Gasteiger charge is 2.02. The van der Waals surface area contributed by atoms with Gasteiger partial charge in [-0.3, -0.25) is 10.7 Å². The van der Waals surface area contributed by atoms with E-state index in [9.17, 15) is 0 Å². The van der Waals surface area contributed by atoms with Crippen molar-refractivity contribution < 1.29 is 10.4 Å². The standard InChI is InChI=1S/C4H6Br2N2O2/c5-1-3(7-9)4(2-6)8-10/h1,7,9-10H,2H2/b3-1-,8-4?. The third-order valence-electron chi connectivity index (χ3n) is 0.788. The van der Waals surface area contributed by atoms with Gasteiger partial charge in [-0.2, -0.15) is 0 Å². The molecule has 0 unspecified atom stereocenters. The molecule has 0 radical (unpaired) electrons. The van der Waals surface area contributed by atoms with Crippen molar-refractivity contribution in [2.45, 2.75) is 0 Å². The van der Waals surface area contributed by atoms with Crippen molar-refractivity contribution in [1.82, 2.24) is 5.48 Å². The lowest BCUT2D eigenvalue weighted by Gasteiger charge is -2.01. The molecule has 0 saturated heterocycles. The number of hydrogen-bond acceptors (Lipinski definition) is 4. The molecule has 0 bridgehead atoms. The molecule has 6 heteroatoms. The fraction of sp³-hybridized carbons (Fsp3) is 0.250. The molecule has 0 saturated carbocycles. The molecule has 0 heterocycles. The Bertz CT molecular complexity index is 139. The summed E-state index contributed by atoms with van der Waals surface area (Å²) < 4.78 is 0. The van der Waals surface area contributed by atoms with E-state index in [1.54, 1.807) is 0 Å². The number of nitrogens with zero attached hydrogens (tertiary/aromatic N) is 1. The molecular weight excluding hydrogens is 268 g/mol. The van der Waals surface area contributed by atoms with Crippen LogP contribution < -0.4 is 5.48 Å².